The van der Waals surface area contributed by atoms with Crippen molar-refractivity contribution in [3.8, 4) is 0 Å². The van der Waals surface area contributed by atoms with Crippen molar-refractivity contribution in [2.24, 2.45) is 0 Å². The highest BCUT2D eigenvalue weighted by Gasteiger charge is 2.31. The van der Waals surface area contributed by atoms with Crippen molar-refractivity contribution >= 4 is 39.6 Å². The van der Waals surface area contributed by atoms with Crippen molar-refractivity contribution in [2.75, 3.05) is 5.32 Å². The molecular formula is C11H6ClF3N2O2S. The van der Waals surface area contributed by atoms with Crippen molar-refractivity contribution in [3.05, 3.63) is 40.0 Å². The third kappa shape index (κ3) is 3.02. The monoisotopic (exact) mass is 322 g/mol. The summed E-state index contributed by atoms with van der Waals surface area (Å²) in [6.07, 6.45) is -4.51. The van der Waals surface area contributed by atoms with Gasteiger partial charge in [-0.3, -0.25) is 0 Å². The molecule has 0 unspecified atom stereocenters. The molecule has 2 N–H and O–H groups in total. The third-order valence-corrected chi connectivity index (χ3v) is 3.38. The molecule has 0 bridgehead atoms. The van der Waals surface area contributed by atoms with Gasteiger partial charge < -0.3 is 10.4 Å². The maximum Gasteiger partial charge on any atom is 0.416 e. The number of alkyl halides is 3. The van der Waals surface area contributed by atoms with Crippen molar-refractivity contribution in [3.63, 3.8) is 0 Å². The molecular weight excluding hydrogens is 317 g/mol. The van der Waals surface area contributed by atoms with E-state index < -0.39 is 17.7 Å². The fraction of sp³-hybridized carbons (Fsp3) is 0.0909. The van der Waals surface area contributed by atoms with Gasteiger partial charge in [0.2, 0.25) is 0 Å². The summed E-state index contributed by atoms with van der Waals surface area (Å²) < 4.78 is 37.8. The predicted octanol–water partition coefficient (Wildman–Crippen LogP) is 4.26. The highest BCUT2D eigenvalue weighted by atomic mass is 35.5. The van der Waals surface area contributed by atoms with Crippen LogP contribution in [0.15, 0.2) is 23.7 Å². The lowest BCUT2D eigenvalue weighted by atomic mass is 10.2. The Bertz CT molecular complexity index is 657. The second-order valence-corrected chi connectivity index (χ2v) is 4.91. The zero-order valence-electron chi connectivity index (χ0n) is 9.53. The van der Waals surface area contributed by atoms with Gasteiger partial charge in [0, 0.05) is 0 Å². The normalized spacial score (nSPS) is 11.4. The Balaban J connectivity index is 2.38. The number of thiazole rings is 1. The van der Waals surface area contributed by atoms with Gasteiger partial charge in [0.1, 0.15) is 5.00 Å². The Labute approximate surface area is 119 Å². The molecule has 0 aliphatic carbocycles. The minimum atomic E-state index is -4.51. The van der Waals surface area contributed by atoms with E-state index in [0.717, 1.165) is 29.5 Å². The van der Waals surface area contributed by atoms with Crippen LogP contribution in [0.3, 0.4) is 0 Å². The molecule has 9 heteroatoms. The molecule has 2 aromatic rings. The molecule has 0 saturated heterocycles. The maximum absolute atomic E-state index is 12.6. The van der Waals surface area contributed by atoms with Gasteiger partial charge in [0.25, 0.3) is 0 Å². The number of nitrogens with one attached hydrogen (secondary N) is 1. The number of carbonyl (C=O) groups is 1. The first kappa shape index (κ1) is 14.6. The van der Waals surface area contributed by atoms with E-state index in [1.165, 1.54) is 5.51 Å². The number of benzene rings is 1. The molecule has 4 nitrogen and oxygen atoms in total. The Kier molecular flexibility index (Phi) is 3.87. The Morgan fingerprint density at radius 3 is 2.70 bits per heavy atom. The summed E-state index contributed by atoms with van der Waals surface area (Å²) in [6, 6.07) is 2.75. The van der Waals surface area contributed by atoms with Crippen molar-refractivity contribution in [2.45, 2.75) is 6.18 Å². The molecule has 0 spiro atoms. The summed E-state index contributed by atoms with van der Waals surface area (Å²) in [5.74, 6) is -1.28. The topological polar surface area (TPSA) is 62.2 Å². The standard InChI is InChI=1S/C11H6ClF3N2O2S/c12-6-2-1-5(11(13,14)15)3-7(6)17-9-8(10(18)19)16-4-20-9/h1-4,17H,(H,18,19). The number of anilines is 2. The fourth-order valence-electron chi connectivity index (χ4n) is 1.41. The molecule has 0 saturated carbocycles. The van der Waals surface area contributed by atoms with Crippen molar-refractivity contribution < 1.29 is 23.1 Å². The molecule has 1 aromatic heterocycles. The van der Waals surface area contributed by atoms with Crippen LogP contribution in [-0.2, 0) is 6.18 Å². The van der Waals surface area contributed by atoms with Gasteiger partial charge in [-0.1, -0.05) is 11.6 Å². The SMILES string of the molecule is O=C(O)c1ncsc1Nc1cc(C(F)(F)F)ccc1Cl. The first-order valence-electron chi connectivity index (χ1n) is 5.09. The smallest absolute Gasteiger partial charge is 0.416 e. The lowest BCUT2D eigenvalue weighted by molar-refractivity contribution is -0.137. The first-order chi connectivity index (χ1) is 9.29. The highest BCUT2D eigenvalue weighted by molar-refractivity contribution is 7.14. The third-order valence-electron chi connectivity index (χ3n) is 2.31. The van der Waals surface area contributed by atoms with Crippen LogP contribution >= 0.6 is 22.9 Å². The summed E-state index contributed by atoms with van der Waals surface area (Å²) in [5, 5.41) is 11.6. The lowest BCUT2D eigenvalue weighted by Crippen LogP contribution is -2.06. The second kappa shape index (κ2) is 5.29. The van der Waals surface area contributed by atoms with Crippen LogP contribution in [0.1, 0.15) is 16.1 Å². The molecule has 20 heavy (non-hydrogen) atoms. The van der Waals surface area contributed by atoms with E-state index in [4.69, 9.17) is 16.7 Å². The van der Waals surface area contributed by atoms with Gasteiger partial charge in [0.15, 0.2) is 5.69 Å². The van der Waals surface area contributed by atoms with Gasteiger partial charge >= 0.3 is 12.1 Å². The highest BCUT2D eigenvalue weighted by Crippen LogP contribution is 2.36. The van der Waals surface area contributed by atoms with E-state index in [9.17, 15) is 18.0 Å². The van der Waals surface area contributed by atoms with Gasteiger partial charge in [0.05, 0.1) is 21.8 Å². The average Bonchev–Trinajstić information content (AvgIpc) is 2.78. The fourth-order valence-corrected chi connectivity index (χ4v) is 2.26. The summed E-state index contributed by atoms with van der Waals surface area (Å²) in [7, 11) is 0. The number of carboxylic acid groups (broad SMARTS) is 1. The van der Waals surface area contributed by atoms with Gasteiger partial charge in [-0.15, -0.1) is 11.3 Å². The number of aromatic carboxylic acids is 1. The zero-order valence-corrected chi connectivity index (χ0v) is 11.1. The largest absolute Gasteiger partial charge is 0.476 e. The second-order valence-electron chi connectivity index (χ2n) is 3.65. The van der Waals surface area contributed by atoms with Crippen LogP contribution in [0.2, 0.25) is 5.02 Å². The number of rotatable bonds is 3. The number of carboxylic acids is 1. The van der Waals surface area contributed by atoms with E-state index in [2.05, 4.69) is 10.3 Å². The van der Waals surface area contributed by atoms with Crippen molar-refractivity contribution in [1.82, 2.24) is 4.98 Å². The maximum atomic E-state index is 12.6. The van der Waals surface area contributed by atoms with E-state index in [-0.39, 0.29) is 21.4 Å². The number of nitrogens with zero attached hydrogens (tertiary/aromatic N) is 1. The minimum absolute atomic E-state index is 0.0340. The summed E-state index contributed by atoms with van der Waals surface area (Å²) in [4.78, 5) is 14.5. The Hall–Kier alpha value is -1.80. The number of hydrogen-bond donors (Lipinski definition) is 2. The van der Waals surface area contributed by atoms with Gasteiger partial charge in [-0.2, -0.15) is 13.2 Å². The molecule has 2 rings (SSSR count). The predicted molar refractivity (Wildman–Crippen MR) is 68.8 cm³/mol. The van der Waals surface area contributed by atoms with Crippen LogP contribution in [0.5, 0.6) is 0 Å². The molecule has 0 aliphatic rings. The van der Waals surface area contributed by atoms with Crippen LogP contribution in [0.4, 0.5) is 23.9 Å². The van der Waals surface area contributed by atoms with Crippen molar-refractivity contribution in [1.29, 1.82) is 0 Å². The quantitative estimate of drug-likeness (QED) is 0.886. The summed E-state index contributed by atoms with van der Waals surface area (Å²) >= 11 is 6.75. The molecule has 0 aliphatic heterocycles. The molecule has 106 valence electrons. The van der Waals surface area contributed by atoms with Gasteiger partial charge in [-0.05, 0) is 18.2 Å². The number of halogens is 4. The van der Waals surface area contributed by atoms with Crippen LogP contribution < -0.4 is 5.32 Å². The molecule has 0 radical (unpaired) electrons. The molecule has 1 heterocycles. The Morgan fingerprint density at radius 2 is 2.10 bits per heavy atom. The number of aromatic nitrogens is 1. The minimum Gasteiger partial charge on any atom is -0.476 e. The Morgan fingerprint density at radius 1 is 1.40 bits per heavy atom. The van der Waals surface area contributed by atoms with Crippen LogP contribution in [0, 0.1) is 0 Å². The van der Waals surface area contributed by atoms with Gasteiger partial charge in [-0.25, -0.2) is 9.78 Å². The lowest BCUT2D eigenvalue weighted by Gasteiger charge is -2.11. The van der Waals surface area contributed by atoms with Crippen LogP contribution in [0.25, 0.3) is 0 Å². The first-order valence-corrected chi connectivity index (χ1v) is 6.35. The summed E-state index contributed by atoms with van der Waals surface area (Å²) in [6.45, 7) is 0. The van der Waals surface area contributed by atoms with E-state index in [0.29, 0.717) is 0 Å². The average molecular weight is 323 g/mol. The molecule has 0 fully saturated rings. The summed E-state index contributed by atoms with van der Waals surface area (Å²) in [5.41, 5.74) is 0.0790. The number of hydrogen-bond acceptors (Lipinski definition) is 4. The molecule has 0 atom stereocenters. The van der Waals surface area contributed by atoms with E-state index >= 15 is 0 Å². The van der Waals surface area contributed by atoms with E-state index in [1.807, 2.05) is 0 Å². The zero-order chi connectivity index (χ0) is 14.9. The molecule has 0 amide bonds. The van der Waals surface area contributed by atoms with E-state index in [1.54, 1.807) is 0 Å². The molecule has 1 aromatic carbocycles. The van der Waals surface area contributed by atoms with Crippen LogP contribution in [-0.4, -0.2) is 16.1 Å².